The van der Waals surface area contributed by atoms with Crippen LogP contribution in [-0.2, 0) is 9.53 Å². The minimum atomic E-state index is -0.389. The molecule has 1 amide bonds. The van der Waals surface area contributed by atoms with Gasteiger partial charge in [-0.15, -0.1) is 11.8 Å². The van der Waals surface area contributed by atoms with Gasteiger partial charge < -0.3 is 4.74 Å². The molecule has 2 rings (SSSR count). The number of hydrogen-bond donors (Lipinski definition) is 2. The van der Waals surface area contributed by atoms with Gasteiger partial charge in [-0.25, -0.2) is 5.84 Å². The van der Waals surface area contributed by atoms with Crippen LogP contribution in [0.1, 0.15) is 12.8 Å². The summed E-state index contributed by atoms with van der Waals surface area (Å²) in [7, 11) is 0. The Hall–Kier alpha value is -0.560. The summed E-state index contributed by atoms with van der Waals surface area (Å²) >= 11 is 5.24. The highest BCUT2D eigenvalue weighted by atomic mass is 79.9. The third kappa shape index (κ3) is 3.47. The Kier molecular flexibility index (Phi) is 5.05. The molecule has 1 heterocycles. The zero-order chi connectivity index (χ0) is 13.0. The van der Waals surface area contributed by atoms with Crippen LogP contribution >= 0.6 is 27.7 Å². The van der Waals surface area contributed by atoms with Gasteiger partial charge in [0.1, 0.15) is 6.10 Å². The van der Waals surface area contributed by atoms with Crippen molar-refractivity contribution in [3.05, 3.63) is 28.7 Å². The van der Waals surface area contributed by atoms with E-state index in [2.05, 4.69) is 27.4 Å². The van der Waals surface area contributed by atoms with E-state index in [1.54, 1.807) is 11.8 Å². The largest absolute Gasteiger partial charge is 0.364 e. The Bertz CT molecular complexity index is 430. The summed E-state index contributed by atoms with van der Waals surface area (Å²) in [6, 6.07) is 8.07. The minimum absolute atomic E-state index is 0.115. The van der Waals surface area contributed by atoms with Gasteiger partial charge in [0.25, 0.3) is 5.91 Å². The van der Waals surface area contributed by atoms with Gasteiger partial charge in [0, 0.05) is 15.1 Å². The summed E-state index contributed by atoms with van der Waals surface area (Å²) in [6.45, 7) is 0. The molecule has 1 aromatic rings. The molecule has 1 aliphatic rings. The molecule has 3 N–H and O–H groups in total. The second kappa shape index (κ2) is 6.56. The molecule has 18 heavy (non-hydrogen) atoms. The maximum atomic E-state index is 11.3. The van der Waals surface area contributed by atoms with E-state index >= 15 is 0 Å². The lowest BCUT2D eigenvalue weighted by Crippen LogP contribution is -2.39. The van der Waals surface area contributed by atoms with E-state index in [1.807, 2.05) is 18.2 Å². The second-order valence-electron chi connectivity index (χ2n) is 4.07. The normalized spacial score (nSPS) is 23.0. The standard InChI is InChI=1S/C12H15BrN2O2S/c13-9-3-1-2-4-11(9)18-7-8-5-6-10(17-8)12(16)15-14/h1-4,8,10H,5-7,14H2,(H,15,16). The van der Waals surface area contributed by atoms with E-state index in [1.165, 1.54) is 4.90 Å². The Morgan fingerprint density at radius 1 is 1.50 bits per heavy atom. The molecule has 1 aliphatic heterocycles. The van der Waals surface area contributed by atoms with Crippen LogP contribution in [0.4, 0.5) is 0 Å². The number of amides is 1. The van der Waals surface area contributed by atoms with E-state index < -0.39 is 0 Å². The molecule has 1 fully saturated rings. The second-order valence-corrected chi connectivity index (χ2v) is 5.99. The predicted octanol–water partition coefficient (Wildman–Crippen LogP) is 2.08. The maximum Gasteiger partial charge on any atom is 0.263 e. The van der Waals surface area contributed by atoms with Crippen LogP contribution in [0.2, 0.25) is 0 Å². The van der Waals surface area contributed by atoms with E-state index in [0.29, 0.717) is 0 Å². The Morgan fingerprint density at radius 2 is 2.28 bits per heavy atom. The molecule has 0 aliphatic carbocycles. The van der Waals surface area contributed by atoms with Crippen LogP contribution in [0, 0.1) is 0 Å². The molecule has 0 saturated carbocycles. The van der Waals surface area contributed by atoms with Gasteiger partial charge in [-0.2, -0.15) is 0 Å². The molecule has 4 nitrogen and oxygen atoms in total. The summed E-state index contributed by atoms with van der Waals surface area (Å²) in [6.07, 6.45) is 1.36. The van der Waals surface area contributed by atoms with Crippen molar-refractivity contribution in [1.82, 2.24) is 5.43 Å². The molecule has 0 bridgehead atoms. The van der Waals surface area contributed by atoms with Gasteiger partial charge >= 0.3 is 0 Å². The van der Waals surface area contributed by atoms with Crippen molar-refractivity contribution in [2.24, 2.45) is 5.84 Å². The van der Waals surface area contributed by atoms with Gasteiger partial charge in [-0.3, -0.25) is 10.2 Å². The van der Waals surface area contributed by atoms with Crippen LogP contribution in [-0.4, -0.2) is 23.9 Å². The van der Waals surface area contributed by atoms with Crippen LogP contribution in [0.3, 0.4) is 0 Å². The SMILES string of the molecule is NNC(=O)C1CCC(CSc2ccccc2Br)O1. The van der Waals surface area contributed by atoms with Crippen LogP contribution in [0.15, 0.2) is 33.6 Å². The van der Waals surface area contributed by atoms with Crippen molar-refractivity contribution in [2.45, 2.75) is 29.9 Å². The highest BCUT2D eigenvalue weighted by Gasteiger charge is 2.30. The Morgan fingerprint density at radius 3 is 3.00 bits per heavy atom. The fourth-order valence-electron chi connectivity index (χ4n) is 1.86. The number of carbonyl (C=O) groups is 1. The van der Waals surface area contributed by atoms with E-state index in [0.717, 1.165) is 23.1 Å². The Balaban J connectivity index is 1.82. The van der Waals surface area contributed by atoms with Crippen molar-refractivity contribution >= 4 is 33.6 Å². The summed E-state index contributed by atoms with van der Waals surface area (Å²) in [5.41, 5.74) is 2.13. The van der Waals surface area contributed by atoms with E-state index in [9.17, 15) is 4.79 Å². The van der Waals surface area contributed by atoms with Crippen molar-refractivity contribution in [2.75, 3.05) is 5.75 Å². The lowest BCUT2D eigenvalue weighted by atomic mass is 10.2. The molecule has 1 aromatic carbocycles. The molecule has 0 aromatic heterocycles. The van der Waals surface area contributed by atoms with Gasteiger partial charge in [0.2, 0.25) is 0 Å². The number of carbonyl (C=O) groups excluding carboxylic acids is 1. The third-order valence-electron chi connectivity index (χ3n) is 2.80. The topological polar surface area (TPSA) is 64.3 Å². The maximum absolute atomic E-state index is 11.3. The van der Waals surface area contributed by atoms with E-state index in [-0.39, 0.29) is 18.1 Å². The Labute approximate surface area is 119 Å². The fraction of sp³-hybridized carbons (Fsp3) is 0.417. The average Bonchev–Trinajstić information content (AvgIpc) is 2.86. The first-order valence-electron chi connectivity index (χ1n) is 5.74. The quantitative estimate of drug-likeness (QED) is 0.384. The fourth-order valence-corrected chi connectivity index (χ4v) is 3.48. The summed E-state index contributed by atoms with van der Waals surface area (Å²) in [5.74, 6) is 5.70. The summed E-state index contributed by atoms with van der Waals surface area (Å²) < 4.78 is 6.73. The number of nitrogens with two attached hydrogens (primary N) is 1. The number of ether oxygens (including phenoxy) is 1. The zero-order valence-corrected chi connectivity index (χ0v) is 12.2. The predicted molar refractivity (Wildman–Crippen MR) is 75.1 cm³/mol. The lowest BCUT2D eigenvalue weighted by Gasteiger charge is -2.12. The molecule has 1 saturated heterocycles. The van der Waals surface area contributed by atoms with Crippen molar-refractivity contribution in [1.29, 1.82) is 0 Å². The number of hydrazine groups is 1. The molecular weight excluding hydrogens is 316 g/mol. The smallest absolute Gasteiger partial charge is 0.263 e. The summed E-state index contributed by atoms with van der Waals surface area (Å²) in [4.78, 5) is 12.5. The summed E-state index contributed by atoms with van der Waals surface area (Å²) in [5, 5.41) is 0. The highest BCUT2D eigenvalue weighted by Crippen LogP contribution is 2.30. The van der Waals surface area contributed by atoms with Crippen molar-refractivity contribution < 1.29 is 9.53 Å². The molecule has 98 valence electrons. The highest BCUT2D eigenvalue weighted by molar-refractivity contribution is 9.10. The number of halogens is 1. The minimum Gasteiger partial charge on any atom is -0.364 e. The molecule has 6 heteroatoms. The van der Waals surface area contributed by atoms with Gasteiger partial charge in [-0.1, -0.05) is 12.1 Å². The molecule has 2 atom stereocenters. The van der Waals surface area contributed by atoms with Crippen LogP contribution in [0.25, 0.3) is 0 Å². The lowest BCUT2D eigenvalue weighted by molar-refractivity contribution is -0.131. The third-order valence-corrected chi connectivity index (χ3v) is 4.96. The monoisotopic (exact) mass is 330 g/mol. The average molecular weight is 331 g/mol. The first-order valence-corrected chi connectivity index (χ1v) is 7.52. The molecule has 0 spiro atoms. The van der Waals surface area contributed by atoms with Crippen LogP contribution < -0.4 is 11.3 Å². The van der Waals surface area contributed by atoms with Crippen molar-refractivity contribution in [3.63, 3.8) is 0 Å². The number of rotatable bonds is 4. The van der Waals surface area contributed by atoms with E-state index in [4.69, 9.17) is 10.6 Å². The first-order chi connectivity index (χ1) is 8.70. The van der Waals surface area contributed by atoms with Crippen LogP contribution in [0.5, 0.6) is 0 Å². The number of nitrogens with one attached hydrogen (secondary N) is 1. The molecular formula is C12H15BrN2O2S. The molecule has 0 radical (unpaired) electrons. The van der Waals surface area contributed by atoms with Gasteiger partial charge in [0.15, 0.2) is 0 Å². The molecule has 2 unspecified atom stereocenters. The van der Waals surface area contributed by atoms with Gasteiger partial charge in [0.05, 0.1) is 6.10 Å². The number of hydrogen-bond acceptors (Lipinski definition) is 4. The van der Waals surface area contributed by atoms with Crippen molar-refractivity contribution in [3.8, 4) is 0 Å². The first kappa shape index (κ1) is 13.9. The number of thioether (sulfide) groups is 1. The number of benzene rings is 1. The zero-order valence-electron chi connectivity index (χ0n) is 9.77. The van der Waals surface area contributed by atoms with Gasteiger partial charge in [-0.05, 0) is 40.9 Å².